The van der Waals surface area contributed by atoms with Gasteiger partial charge in [-0.05, 0) is 36.8 Å². The van der Waals surface area contributed by atoms with Gasteiger partial charge in [-0.3, -0.25) is 9.59 Å². The van der Waals surface area contributed by atoms with Crippen molar-refractivity contribution >= 4 is 34.9 Å². The van der Waals surface area contributed by atoms with Crippen LogP contribution in [0.5, 0.6) is 0 Å². The standard InChI is InChI=1S/C15H11ClN4O2/c1-7-5-9-11(10(16)6-7)18-14(22)15(9)19-12-8(13(21)20-15)3-2-4-17-12/h2-6H,1H3,(H,17,19)(H,18,22)(H,20,21)/t15-/m1/s1. The molecule has 1 aromatic carbocycles. The minimum atomic E-state index is -1.39. The van der Waals surface area contributed by atoms with Crippen LogP contribution < -0.4 is 16.0 Å². The van der Waals surface area contributed by atoms with E-state index < -0.39 is 5.66 Å². The third kappa shape index (κ3) is 1.58. The maximum atomic E-state index is 12.6. The molecule has 6 nitrogen and oxygen atoms in total. The summed E-state index contributed by atoms with van der Waals surface area (Å²) in [5.74, 6) is -0.381. The van der Waals surface area contributed by atoms with Crippen LogP contribution in [0.15, 0.2) is 30.5 Å². The average molecular weight is 315 g/mol. The van der Waals surface area contributed by atoms with E-state index in [-0.39, 0.29) is 11.8 Å². The zero-order chi connectivity index (χ0) is 15.5. The van der Waals surface area contributed by atoms with Crippen LogP contribution in [0.1, 0.15) is 21.5 Å². The Kier molecular flexibility index (Phi) is 2.50. The van der Waals surface area contributed by atoms with Crippen molar-refractivity contribution in [1.82, 2.24) is 10.3 Å². The number of hydrogen-bond donors (Lipinski definition) is 3. The van der Waals surface area contributed by atoms with E-state index in [9.17, 15) is 9.59 Å². The number of pyridine rings is 1. The van der Waals surface area contributed by atoms with E-state index in [1.165, 1.54) is 0 Å². The van der Waals surface area contributed by atoms with Gasteiger partial charge in [0, 0.05) is 11.8 Å². The first-order valence-corrected chi connectivity index (χ1v) is 7.07. The first-order chi connectivity index (χ1) is 10.5. The van der Waals surface area contributed by atoms with E-state index in [1.54, 1.807) is 24.4 Å². The van der Waals surface area contributed by atoms with Crippen LogP contribution in [0.4, 0.5) is 11.5 Å². The van der Waals surface area contributed by atoms with Crippen molar-refractivity contribution in [2.45, 2.75) is 12.6 Å². The Labute approximate surface area is 130 Å². The fourth-order valence-corrected chi connectivity index (χ4v) is 3.20. The van der Waals surface area contributed by atoms with E-state index in [0.717, 1.165) is 5.56 Å². The molecule has 110 valence electrons. The van der Waals surface area contributed by atoms with Gasteiger partial charge in [0.15, 0.2) is 0 Å². The summed E-state index contributed by atoms with van der Waals surface area (Å²) in [5.41, 5.74) is 0.996. The van der Waals surface area contributed by atoms with Crippen molar-refractivity contribution in [3.8, 4) is 0 Å². The number of aromatic nitrogens is 1. The third-order valence-corrected chi connectivity index (χ3v) is 4.18. The van der Waals surface area contributed by atoms with Gasteiger partial charge in [-0.25, -0.2) is 4.98 Å². The van der Waals surface area contributed by atoms with Crippen LogP contribution >= 0.6 is 11.6 Å². The van der Waals surface area contributed by atoms with E-state index in [2.05, 4.69) is 20.9 Å². The van der Waals surface area contributed by atoms with Gasteiger partial charge in [-0.2, -0.15) is 0 Å². The van der Waals surface area contributed by atoms with Gasteiger partial charge in [0.05, 0.1) is 16.3 Å². The van der Waals surface area contributed by atoms with Crippen LogP contribution in [0.25, 0.3) is 0 Å². The van der Waals surface area contributed by atoms with E-state index in [4.69, 9.17) is 11.6 Å². The Balaban J connectivity index is 1.95. The van der Waals surface area contributed by atoms with Crippen LogP contribution in [0.2, 0.25) is 5.02 Å². The highest BCUT2D eigenvalue weighted by Gasteiger charge is 2.52. The first-order valence-electron chi connectivity index (χ1n) is 6.69. The molecule has 0 unspecified atom stereocenters. The number of aryl methyl sites for hydroxylation is 1. The monoisotopic (exact) mass is 314 g/mol. The van der Waals surface area contributed by atoms with Crippen molar-refractivity contribution in [2.75, 3.05) is 10.6 Å². The lowest BCUT2D eigenvalue weighted by molar-refractivity contribution is -0.120. The zero-order valence-electron chi connectivity index (χ0n) is 11.5. The summed E-state index contributed by atoms with van der Waals surface area (Å²) in [7, 11) is 0. The van der Waals surface area contributed by atoms with E-state index in [1.807, 2.05) is 13.0 Å². The molecular weight excluding hydrogens is 304 g/mol. The van der Waals surface area contributed by atoms with Gasteiger partial charge in [-0.1, -0.05) is 11.6 Å². The van der Waals surface area contributed by atoms with Gasteiger partial charge < -0.3 is 16.0 Å². The predicted octanol–water partition coefficient (Wildman–Crippen LogP) is 2.00. The summed E-state index contributed by atoms with van der Waals surface area (Å²) < 4.78 is 0. The largest absolute Gasteiger partial charge is 0.335 e. The number of hydrogen-bond acceptors (Lipinski definition) is 4. The molecule has 1 aromatic heterocycles. The molecule has 0 saturated carbocycles. The molecular formula is C15H11ClN4O2. The highest BCUT2D eigenvalue weighted by Crippen LogP contribution is 2.43. The first kappa shape index (κ1) is 13.1. The van der Waals surface area contributed by atoms with Crippen molar-refractivity contribution in [3.63, 3.8) is 0 Å². The summed E-state index contributed by atoms with van der Waals surface area (Å²) in [6.45, 7) is 1.87. The number of carbonyl (C=O) groups excluding carboxylic acids is 2. The lowest BCUT2D eigenvalue weighted by Crippen LogP contribution is -2.59. The molecule has 0 bridgehead atoms. The van der Waals surface area contributed by atoms with Gasteiger partial charge in [-0.15, -0.1) is 0 Å². The molecule has 3 N–H and O–H groups in total. The molecule has 1 spiro atoms. The number of fused-ring (bicyclic) bond motifs is 3. The number of anilines is 2. The molecule has 0 saturated heterocycles. The fourth-order valence-electron chi connectivity index (χ4n) is 2.88. The SMILES string of the molecule is Cc1cc(Cl)c2c(c1)[C@@]1(NC(=O)c3cccnc3N1)C(=O)N2. The topological polar surface area (TPSA) is 83.1 Å². The van der Waals surface area contributed by atoms with Gasteiger partial charge >= 0.3 is 0 Å². The predicted molar refractivity (Wildman–Crippen MR) is 81.8 cm³/mol. The average Bonchev–Trinajstić information content (AvgIpc) is 2.73. The number of nitrogens with zero attached hydrogens (tertiary/aromatic N) is 1. The van der Waals surface area contributed by atoms with Crippen molar-refractivity contribution < 1.29 is 9.59 Å². The van der Waals surface area contributed by atoms with Crippen molar-refractivity contribution in [3.05, 3.63) is 52.2 Å². The summed E-state index contributed by atoms with van der Waals surface area (Å²) in [6, 6.07) is 6.90. The number of rotatable bonds is 0. The Bertz CT molecular complexity index is 851. The summed E-state index contributed by atoms with van der Waals surface area (Å²) in [5, 5.41) is 8.96. The summed E-state index contributed by atoms with van der Waals surface area (Å²) >= 11 is 6.21. The van der Waals surface area contributed by atoms with E-state index >= 15 is 0 Å². The minimum Gasteiger partial charge on any atom is -0.335 e. The number of carbonyl (C=O) groups is 2. The van der Waals surface area contributed by atoms with Gasteiger partial charge in [0.1, 0.15) is 5.82 Å². The number of halogens is 1. The lowest BCUT2D eigenvalue weighted by Gasteiger charge is -2.34. The molecule has 4 rings (SSSR count). The van der Waals surface area contributed by atoms with Crippen LogP contribution in [-0.2, 0) is 10.5 Å². The summed E-state index contributed by atoms with van der Waals surface area (Å²) in [6.07, 6.45) is 1.56. The second-order valence-corrected chi connectivity index (χ2v) is 5.76. The van der Waals surface area contributed by atoms with Crippen LogP contribution in [0.3, 0.4) is 0 Å². The van der Waals surface area contributed by atoms with Crippen molar-refractivity contribution in [2.24, 2.45) is 0 Å². The lowest BCUT2D eigenvalue weighted by atomic mass is 9.95. The van der Waals surface area contributed by atoms with Crippen molar-refractivity contribution in [1.29, 1.82) is 0 Å². The molecule has 22 heavy (non-hydrogen) atoms. The minimum absolute atomic E-state index is 0.359. The molecule has 0 aliphatic carbocycles. The molecule has 7 heteroatoms. The quantitative estimate of drug-likeness (QED) is 0.694. The number of benzene rings is 1. The molecule has 0 fully saturated rings. The van der Waals surface area contributed by atoms with Crippen LogP contribution in [-0.4, -0.2) is 16.8 Å². The van der Waals surface area contributed by atoms with Crippen LogP contribution in [0, 0.1) is 6.92 Å². The van der Waals surface area contributed by atoms with Gasteiger partial charge in [0.2, 0.25) is 5.66 Å². The number of nitrogens with one attached hydrogen (secondary N) is 3. The normalized spacial score (nSPS) is 21.7. The molecule has 2 amide bonds. The maximum Gasteiger partial charge on any atom is 0.276 e. The Morgan fingerprint density at radius 2 is 2.05 bits per heavy atom. The highest BCUT2D eigenvalue weighted by atomic mass is 35.5. The molecule has 0 radical (unpaired) electrons. The molecule has 2 aliphatic heterocycles. The Morgan fingerprint density at radius 1 is 1.23 bits per heavy atom. The fraction of sp³-hybridized carbons (Fsp3) is 0.133. The zero-order valence-corrected chi connectivity index (χ0v) is 12.3. The molecule has 2 aliphatic rings. The maximum absolute atomic E-state index is 12.6. The second-order valence-electron chi connectivity index (χ2n) is 5.35. The molecule has 3 heterocycles. The second kappa shape index (κ2) is 4.20. The smallest absolute Gasteiger partial charge is 0.276 e. The van der Waals surface area contributed by atoms with Gasteiger partial charge in [0.25, 0.3) is 11.8 Å². The highest BCUT2D eigenvalue weighted by molar-refractivity contribution is 6.35. The molecule has 1 atom stereocenters. The Hall–Kier alpha value is -2.60. The third-order valence-electron chi connectivity index (χ3n) is 3.88. The molecule has 2 aromatic rings. The summed E-state index contributed by atoms with van der Waals surface area (Å²) in [4.78, 5) is 29.1. The number of amides is 2. The van der Waals surface area contributed by atoms with E-state index in [0.29, 0.717) is 27.7 Å². The Morgan fingerprint density at radius 3 is 2.86 bits per heavy atom.